The molecule has 29 heavy (non-hydrogen) atoms. The number of anilines is 1. The second-order valence-corrected chi connectivity index (χ2v) is 8.74. The lowest BCUT2D eigenvalue weighted by molar-refractivity contribution is -0.134. The van der Waals surface area contributed by atoms with Gasteiger partial charge in [-0.25, -0.2) is 9.78 Å². The number of aromatic nitrogens is 1. The summed E-state index contributed by atoms with van der Waals surface area (Å²) in [5.41, 5.74) is 1.29. The van der Waals surface area contributed by atoms with E-state index in [0.717, 1.165) is 31.7 Å². The van der Waals surface area contributed by atoms with Crippen molar-refractivity contribution in [2.45, 2.75) is 38.5 Å². The molecular weight excluding hydrogens is 386 g/mol. The lowest BCUT2D eigenvalue weighted by atomic mass is 10.00. The van der Waals surface area contributed by atoms with E-state index in [4.69, 9.17) is 4.74 Å². The fourth-order valence-corrected chi connectivity index (χ4v) is 5.11. The molecule has 154 valence electrons. The number of esters is 1. The number of thiophene rings is 1. The van der Waals surface area contributed by atoms with Gasteiger partial charge < -0.3 is 14.5 Å². The highest BCUT2D eigenvalue weighted by molar-refractivity contribution is 7.14. The van der Waals surface area contributed by atoms with Crippen molar-refractivity contribution in [3.05, 3.63) is 45.8 Å². The molecule has 0 bridgehead atoms. The van der Waals surface area contributed by atoms with Crippen LogP contribution in [-0.4, -0.2) is 54.5 Å². The molecule has 0 unspecified atom stereocenters. The second kappa shape index (κ2) is 9.39. The largest absolute Gasteiger partial charge is 0.451 e. The SMILES string of the molecule is O=C(OCC(=O)N1CCN(c2ccccn2)CC1)c1cc2c(s1)CCCCCC2. The van der Waals surface area contributed by atoms with Gasteiger partial charge in [-0.2, -0.15) is 0 Å². The maximum absolute atomic E-state index is 12.5. The number of ether oxygens (including phenoxy) is 1. The third kappa shape index (κ3) is 4.96. The number of aryl methyl sites for hydroxylation is 2. The quantitative estimate of drug-likeness (QED) is 0.720. The summed E-state index contributed by atoms with van der Waals surface area (Å²) in [7, 11) is 0. The van der Waals surface area contributed by atoms with Gasteiger partial charge in [-0.15, -0.1) is 11.3 Å². The zero-order valence-corrected chi connectivity index (χ0v) is 17.5. The van der Waals surface area contributed by atoms with Gasteiger partial charge in [0.05, 0.1) is 0 Å². The topological polar surface area (TPSA) is 62.7 Å². The van der Waals surface area contributed by atoms with Crippen molar-refractivity contribution in [3.63, 3.8) is 0 Å². The summed E-state index contributed by atoms with van der Waals surface area (Å²) >= 11 is 1.54. The van der Waals surface area contributed by atoms with Crippen LogP contribution >= 0.6 is 11.3 Å². The number of hydrogen-bond donors (Lipinski definition) is 0. The Bertz CT molecular complexity index is 819. The lowest BCUT2D eigenvalue weighted by Gasteiger charge is -2.35. The van der Waals surface area contributed by atoms with Crippen molar-refractivity contribution in [2.24, 2.45) is 0 Å². The van der Waals surface area contributed by atoms with Gasteiger partial charge in [0, 0.05) is 37.3 Å². The van der Waals surface area contributed by atoms with Crippen LogP contribution in [-0.2, 0) is 22.4 Å². The van der Waals surface area contributed by atoms with Crippen LogP contribution in [0.4, 0.5) is 5.82 Å². The Morgan fingerprint density at radius 3 is 2.59 bits per heavy atom. The van der Waals surface area contributed by atoms with E-state index in [-0.39, 0.29) is 18.5 Å². The summed E-state index contributed by atoms with van der Waals surface area (Å²) in [6.07, 6.45) is 8.76. The van der Waals surface area contributed by atoms with E-state index in [1.807, 2.05) is 24.3 Å². The van der Waals surface area contributed by atoms with E-state index in [1.54, 1.807) is 11.1 Å². The molecular formula is C22H27N3O3S. The van der Waals surface area contributed by atoms with E-state index < -0.39 is 0 Å². The third-order valence-electron chi connectivity index (χ3n) is 5.63. The predicted octanol–water partition coefficient (Wildman–Crippen LogP) is 3.31. The van der Waals surface area contributed by atoms with Crippen molar-refractivity contribution in [2.75, 3.05) is 37.7 Å². The van der Waals surface area contributed by atoms with E-state index in [1.165, 1.54) is 47.5 Å². The van der Waals surface area contributed by atoms with Crippen LogP contribution in [0.15, 0.2) is 30.5 Å². The maximum atomic E-state index is 12.5. The van der Waals surface area contributed by atoms with Gasteiger partial charge in [0.15, 0.2) is 6.61 Å². The molecule has 6 nitrogen and oxygen atoms in total. The van der Waals surface area contributed by atoms with Gasteiger partial charge in [-0.05, 0) is 49.4 Å². The average molecular weight is 414 g/mol. The zero-order chi connectivity index (χ0) is 20.1. The van der Waals surface area contributed by atoms with Crippen LogP contribution in [0.3, 0.4) is 0 Å². The van der Waals surface area contributed by atoms with Crippen LogP contribution in [0.5, 0.6) is 0 Å². The first kappa shape index (κ1) is 19.9. The van der Waals surface area contributed by atoms with Gasteiger partial charge in [0.2, 0.25) is 0 Å². The number of nitrogens with zero attached hydrogens (tertiary/aromatic N) is 3. The highest BCUT2D eigenvalue weighted by atomic mass is 32.1. The number of carbonyl (C=O) groups is 2. The fraction of sp³-hybridized carbons (Fsp3) is 0.500. The molecule has 4 rings (SSSR count). The molecule has 0 spiro atoms. The van der Waals surface area contributed by atoms with Crippen molar-refractivity contribution in [1.82, 2.24) is 9.88 Å². The predicted molar refractivity (Wildman–Crippen MR) is 114 cm³/mol. The molecule has 3 heterocycles. The molecule has 1 amide bonds. The number of carbonyl (C=O) groups excluding carboxylic acids is 2. The summed E-state index contributed by atoms with van der Waals surface area (Å²) in [6.45, 7) is 2.49. The van der Waals surface area contributed by atoms with Gasteiger partial charge in [-0.3, -0.25) is 4.79 Å². The lowest BCUT2D eigenvalue weighted by Crippen LogP contribution is -2.50. The average Bonchev–Trinajstić information content (AvgIpc) is 3.14. The molecule has 0 aromatic carbocycles. The molecule has 1 aliphatic heterocycles. The Morgan fingerprint density at radius 2 is 1.83 bits per heavy atom. The molecule has 0 N–H and O–H groups in total. The van der Waals surface area contributed by atoms with Gasteiger partial charge >= 0.3 is 5.97 Å². The number of pyridine rings is 1. The van der Waals surface area contributed by atoms with Crippen LogP contribution in [0.1, 0.15) is 45.8 Å². The van der Waals surface area contributed by atoms with Gasteiger partial charge in [0.25, 0.3) is 5.91 Å². The van der Waals surface area contributed by atoms with E-state index in [2.05, 4.69) is 9.88 Å². The third-order valence-corrected chi connectivity index (χ3v) is 6.85. The van der Waals surface area contributed by atoms with E-state index in [0.29, 0.717) is 18.0 Å². The van der Waals surface area contributed by atoms with Crippen molar-refractivity contribution in [1.29, 1.82) is 0 Å². The summed E-state index contributed by atoms with van der Waals surface area (Å²) < 4.78 is 5.35. The number of piperazine rings is 1. The number of hydrogen-bond acceptors (Lipinski definition) is 6. The number of fused-ring (bicyclic) bond motifs is 1. The number of rotatable bonds is 4. The molecule has 2 aliphatic rings. The highest BCUT2D eigenvalue weighted by Crippen LogP contribution is 2.29. The molecule has 0 radical (unpaired) electrons. The molecule has 0 saturated carbocycles. The molecule has 2 aromatic heterocycles. The van der Waals surface area contributed by atoms with Crippen LogP contribution in [0.25, 0.3) is 0 Å². The van der Waals surface area contributed by atoms with E-state index in [9.17, 15) is 9.59 Å². The first-order valence-corrected chi connectivity index (χ1v) is 11.2. The standard InChI is InChI=1S/C22H27N3O3S/c26-21(25-13-11-24(12-14-25)20-9-5-6-10-23-20)16-28-22(27)19-15-17-7-3-1-2-4-8-18(17)29-19/h5-6,9-10,15H,1-4,7-8,11-14,16H2. The first-order valence-electron chi connectivity index (χ1n) is 10.4. The highest BCUT2D eigenvalue weighted by Gasteiger charge is 2.23. The second-order valence-electron chi connectivity index (χ2n) is 7.61. The Kier molecular flexibility index (Phi) is 6.44. The summed E-state index contributed by atoms with van der Waals surface area (Å²) in [5, 5.41) is 0. The Balaban J connectivity index is 1.26. The summed E-state index contributed by atoms with van der Waals surface area (Å²) in [4.78, 5) is 35.2. The summed E-state index contributed by atoms with van der Waals surface area (Å²) in [5.74, 6) is 0.426. The molecule has 2 aromatic rings. The first-order chi connectivity index (χ1) is 14.2. The summed E-state index contributed by atoms with van der Waals surface area (Å²) in [6, 6.07) is 7.81. The normalized spacial score (nSPS) is 17.2. The molecule has 7 heteroatoms. The smallest absolute Gasteiger partial charge is 0.348 e. The Labute approximate surface area is 175 Å². The Morgan fingerprint density at radius 1 is 1.03 bits per heavy atom. The van der Waals surface area contributed by atoms with Gasteiger partial charge in [-0.1, -0.05) is 18.9 Å². The molecule has 1 saturated heterocycles. The van der Waals surface area contributed by atoms with Crippen molar-refractivity contribution in [3.8, 4) is 0 Å². The van der Waals surface area contributed by atoms with Crippen LogP contribution in [0.2, 0.25) is 0 Å². The minimum absolute atomic E-state index is 0.131. The fourth-order valence-electron chi connectivity index (χ4n) is 3.96. The minimum atomic E-state index is -0.373. The van der Waals surface area contributed by atoms with Crippen molar-refractivity contribution >= 4 is 29.0 Å². The van der Waals surface area contributed by atoms with Crippen LogP contribution in [0, 0.1) is 0 Å². The maximum Gasteiger partial charge on any atom is 0.348 e. The molecule has 1 fully saturated rings. The van der Waals surface area contributed by atoms with E-state index >= 15 is 0 Å². The number of amides is 1. The monoisotopic (exact) mass is 413 g/mol. The molecule has 1 aliphatic carbocycles. The van der Waals surface area contributed by atoms with Crippen LogP contribution < -0.4 is 4.90 Å². The van der Waals surface area contributed by atoms with Gasteiger partial charge in [0.1, 0.15) is 10.7 Å². The minimum Gasteiger partial charge on any atom is -0.451 e. The molecule has 0 atom stereocenters. The Hall–Kier alpha value is -2.41. The van der Waals surface area contributed by atoms with Crippen molar-refractivity contribution < 1.29 is 14.3 Å². The zero-order valence-electron chi connectivity index (χ0n) is 16.6.